The van der Waals surface area contributed by atoms with Gasteiger partial charge in [0.1, 0.15) is 5.65 Å². The average molecular weight is 200 g/mol. The SMILES string of the molecule is c1csc(-c2cc3cccnc3[nH]2)c1. The van der Waals surface area contributed by atoms with Crippen LogP contribution in [0.3, 0.4) is 0 Å². The Kier molecular flexibility index (Phi) is 1.64. The maximum Gasteiger partial charge on any atom is 0.137 e. The van der Waals surface area contributed by atoms with Crippen molar-refractivity contribution in [3.8, 4) is 10.6 Å². The van der Waals surface area contributed by atoms with E-state index in [0.29, 0.717) is 0 Å². The number of nitrogens with zero attached hydrogens (tertiary/aromatic N) is 1. The van der Waals surface area contributed by atoms with E-state index in [0.717, 1.165) is 16.7 Å². The predicted molar refractivity (Wildman–Crippen MR) is 59.4 cm³/mol. The number of rotatable bonds is 1. The maximum absolute atomic E-state index is 4.26. The van der Waals surface area contributed by atoms with Gasteiger partial charge < -0.3 is 4.98 Å². The number of hydrogen-bond donors (Lipinski definition) is 1. The summed E-state index contributed by atoms with van der Waals surface area (Å²) < 4.78 is 0. The lowest BCUT2D eigenvalue weighted by molar-refractivity contribution is 1.33. The third-order valence-corrected chi connectivity index (χ3v) is 3.08. The molecule has 14 heavy (non-hydrogen) atoms. The minimum atomic E-state index is 0.955. The molecule has 0 bridgehead atoms. The van der Waals surface area contributed by atoms with Gasteiger partial charge in [-0.1, -0.05) is 6.07 Å². The number of hydrogen-bond acceptors (Lipinski definition) is 2. The Balaban J connectivity index is 2.24. The second kappa shape index (κ2) is 2.96. The molecule has 2 nitrogen and oxygen atoms in total. The van der Waals surface area contributed by atoms with Gasteiger partial charge in [0.05, 0.1) is 10.6 Å². The number of H-pyrrole nitrogens is 1. The minimum absolute atomic E-state index is 0.955. The number of fused-ring (bicyclic) bond motifs is 1. The summed E-state index contributed by atoms with van der Waals surface area (Å²) in [6.45, 7) is 0. The maximum atomic E-state index is 4.26. The smallest absolute Gasteiger partial charge is 0.137 e. The summed E-state index contributed by atoms with van der Waals surface area (Å²) in [6, 6.07) is 10.3. The lowest BCUT2D eigenvalue weighted by Crippen LogP contribution is -1.73. The van der Waals surface area contributed by atoms with E-state index in [1.807, 2.05) is 6.07 Å². The van der Waals surface area contributed by atoms with Crippen LogP contribution in [0.25, 0.3) is 21.6 Å². The van der Waals surface area contributed by atoms with Crippen molar-refractivity contribution >= 4 is 22.4 Å². The van der Waals surface area contributed by atoms with Gasteiger partial charge in [0.15, 0.2) is 0 Å². The molecule has 0 aliphatic rings. The number of aromatic nitrogens is 2. The van der Waals surface area contributed by atoms with E-state index in [1.54, 1.807) is 17.5 Å². The molecule has 0 spiro atoms. The molecular weight excluding hydrogens is 192 g/mol. The van der Waals surface area contributed by atoms with E-state index in [1.165, 1.54) is 4.88 Å². The third kappa shape index (κ3) is 1.14. The van der Waals surface area contributed by atoms with Gasteiger partial charge >= 0.3 is 0 Å². The summed E-state index contributed by atoms with van der Waals surface area (Å²) in [7, 11) is 0. The normalized spacial score (nSPS) is 10.9. The second-order valence-electron chi connectivity index (χ2n) is 3.10. The highest BCUT2D eigenvalue weighted by Crippen LogP contribution is 2.26. The van der Waals surface area contributed by atoms with Crippen LogP contribution in [0.2, 0.25) is 0 Å². The number of pyridine rings is 1. The van der Waals surface area contributed by atoms with Crippen molar-refractivity contribution in [2.45, 2.75) is 0 Å². The van der Waals surface area contributed by atoms with E-state index in [2.05, 4.69) is 39.6 Å². The molecule has 0 radical (unpaired) electrons. The van der Waals surface area contributed by atoms with Gasteiger partial charge in [0.2, 0.25) is 0 Å². The fraction of sp³-hybridized carbons (Fsp3) is 0. The fourth-order valence-corrected chi connectivity index (χ4v) is 2.22. The predicted octanol–water partition coefficient (Wildman–Crippen LogP) is 3.29. The van der Waals surface area contributed by atoms with E-state index in [-0.39, 0.29) is 0 Å². The Labute approximate surface area is 85.2 Å². The van der Waals surface area contributed by atoms with Crippen LogP contribution in [0.5, 0.6) is 0 Å². The van der Waals surface area contributed by atoms with Crippen molar-refractivity contribution in [1.82, 2.24) is 9.97 Å². The summed E-state index contributed by atoms with van der Waals surface area (Å²) in [4.78, 5) is 8.81. The van der Waals surface area contributed by atoms with Gasteiger partial charge in [-0.05, 0) is 29.6 Å². The third-order valence-electron chi connectivity index (χ3n) is 2.18. The van der Waals surface area contributed by atoms with Crippen LogP contribution in [0.15, 0.2) is 41.9 Å². The molecule has 0 saturated carbocycles. The van der Waals surface area contributed by atoms with Crippen molar-refractivity contribution < 1.29 is 0 Å². The minimum Gasteiger partial charge on any atom is -0.339 e. The molecule has 0 fully saturated rings. The molecule has 0 aliphatic carbocycles. The largest absolute Gasteiger partial charge is 0.339 e. The van der Waals surface area contributed by atoms with Gasteiger partial charge in [0.25, 0.3) is 0 Å². The monoisotopic (exact) mass is 200 g/mol. The van der Waals surface area contributed by atoms with Gasteiger partial charge in [-0.25, -0.2) is 4.98 Å². The Morgan fingerprint density at radius 3 is 3.00 bits per heavy atom. The van der Waals surface area contributed by atoms with E-state index in [9.17, 15) is 0 Å². The summed E-state index contributed by atoms with van der Waals surface area (Å²) in [5.41, 5.74) is 2.10. The zero-order chi connectivity index (χ0) is 9.38. The number of thiophene rings is 1. The lowest BCUT2D eigenvalue weighted by Gasteiger charge is -1.87. The van der Waals surface area contributed by atoms with E-state index >= 15 is 0 Å². The van der Waals surface area contributed by atoms with Gasteiger partial charge in [0, 0.05) is 11.6 Å². The lowest BCUT2D eigenvalue weighted by atomic mass is 10.3. The molecule has 0 amide bonds. The zero-order valence-electron chi connectivity index (χ0n) is 7.40. The first-order valence-electron chi connectivity index (χ1n) is 4.41. The standard InChI is InChI=1S/C11H8N2S/c1-3-8-7-9(10-4-2-6-14-10)13-11(8)12-5-1/h1-7H,(H,12,13). The number of aromatic amines is 1. The Hall–Kier alpha value is -1.61. The number of nitrogens with one attached hydrogen (secondary N) is 1. The van der Waals surface area contributed by atoms with Crippen molar-refractivity contribution in [3.63, 3.8) is 0 Å². The van der Waals surface area contributed by atoms with Crippen LogP contribution in [-0.2, 0) is 0 Å². The van der Waals surface area contributed by atoms with Crippen LogP contribution in [0, 0.1) is 0 Å². The highest BCUT2D eigenvalue weighted by molar-refractivity contribution is 7.13. The summed E-state index contributed by atoms with van der Waals surface area (Å²) in [5, 5.41) is 3.24. The average Bonchev–Trinajstić information content (AvgIpc) is 2.86. The van der Waals surface area contributed by atoms with Crippen molar-refractivity contribution in [2.75, 3.05) is 0 Å². The Bertz CT molecular complexity index is 518. The van der Waals surface area contributed by atoms with Crippen LogP contribution in [0.1, 0.15) is 0 Å². The molecule has 0 aliphatic heterocycles. The summed E-state index contributed by atoms with van der Waals surface area (Å²) in [5.74, 6) is 0. The molecule has 3 aromatic rings. The highest BCUT2D eigenvalue weighted by Gasteiger charge is 2.03. The quantitative estimate of drug-likeness (QED) is 0.641. The van der Waals surface area contributed by atoms with Crippen molar-refractivity contribution in [2.24, 2.45) is 0 Å². The first-order valence-corrected chi connectivity index (χ1v) is 5.29. The summed E-state index contributed by atoms with van der Waals surface area (Å²) in [6.07, 6.45) is 1.80. The van der Waals surface area contributed by atoms with E-state index < -0.39 is 0 Å². The Morgan fingerprint density at radius 2 is 2.21 bits per heavy atom. The molecule has 0 unspecified atom stereocenters. The van der Waals surface area contributed by atoms with Gasteiger partial charge in [-0.15, -0.1) is 11.3 Å². The van der Waals surface area contributed by atoms with Crippen molar-refractivity contribution in [3.05, 3.63) is 41.9 Å². The molecule has 3 heteroatoms. The van der Waals surface area contributed by atoms with Crippen LogP contribution >= 0.6 is 11.3 Å². The molecule has 3 rings (SSSR count). The molecular formula is C11H8N2S. The zero-order valence-corrected chi connectivity index (χ0v) is 8.21. The Morgan fingerprint density at radius 1 is 1.21 bits per heavy atom. The van der Waals surface area contributed by atoms with Gasteiger partial charge in [-0.3, -0.25) is 0 Å². The second-order valence-corrected chi connectivity index (χ2v) is 4.05. The molecule has 68 valence electrons. The van der Waals surface area contributed by atoms with Crippen molar-refractivity contribution in [1.29, 1.82) is 0 Å². The molecule has 3 heterocycles. The fourth-order valence-electron chi connectivity index (χ4n) is 1.52. The first-order chi connectivity index (χ1) is 6.93. The van der Waals surface area contributed by atoms with Crippen LogP contribution < -0.4 is 0 Å². The summed E-state index contributed by atoms with van der Waals surface area (Å²) >= 11 is 1.73. The van der Waals surface area contributed by atoms with Crippen LogP contribution in [-0.4, -0.2) is 9.97 Å². The molecule has 0 saturated heterocycles. The topological polar surface area (TPSA) is 28.7 Å². The first kappa shape index (κ1) is 7.76. The molecule has 0 aromatic carbocycles. The molecule has 3 aromatic heterocycles. The highest BCUT2D eigenvalue weighted by atomic mass is 32.1. The van der Waals surface area contributed by atoms with Gasteiger partial charge in [-0.2, -0.15) is 0 Å². The van der Waals surface area contributed by atoms with E-state index in [4.69, 9.17) is 0 Å². The molecule has 1 N–H and O–H groups in total. The molecule has 0 atom stereocenters. The van der Waals surface area contributed by atoms with Crippen LogP contribution in [0.4, 0.5) is 0 Å².